The number of hydrogen-bond acceptors (Lipinski definition) is 3. The molecule has 0 amide bonds. The van der Waals surface area contributed by atoms with Gasteiger partial charge in [-0.05, 0) is 28.2 Å². The van der Waals surface area contributed by atoms with Crippen molar-refractivity contribution in [3.8, 4) is 0 Å². The SMILES string of the molecule is COC[C@H]1C(=O)C[C@@H]2c3cc(C(C)(C)C)ccc3N(Cc3ccccc3)[C@@H]21. The molecular formula is C24H29NO2. The standard InChI is InChI=1S/C24H29NO2/c1-24(2,3)17-10-11-21-18(12-17)19-13-22(26)20(15-27-4)23(19)25(21)14-16-8-6-5-7-9-16/h5-12,19-20,23H,13-15H2,1-4H3/t19-,20+,23+/m1/s1. The minimum atomic E-state index is -0.0470. The molecule has 2 aromatic carbocycles. The van der Waals surface area contributed by atoms with Gasteiger partial charge in [0.2, 0.25) is 0 Å². The maximum absolute atomic E-state index is 12.8. The Balaban J connectivity index is 1.78. The molecule has 0 aromatic heterocycles. The summed E-state index contributed by atoms with van der Waals surface area (Å²) in [7, 11) is 1.70. The van der Waals surface area contributed by atoms with Crippen LogP contribution in [0.5, 0.6) is 0 Å². The van der Waals surface area contributed by atoms with Gasteiger partial charge in [-0.1, -0.05) is 63.2 Å². The van der Waals surface area contributed by atoms with Crippen LogP contribution < -0.4 is 4.90 Å². The summed E-state index contributed by atoms with van der Waals surface area (Å²) in [4.78, 5) is 15.2. The smallest absolute Gasteiger partial charge is 0.141 e. The molecule has 1 saturated carbocycles. The fourth-order valence-electron chi connectivity index (χ4n) is 4.77. The summed E-state index contributed by atoms with van der Waals surface area (Å²) in [6.07, 6.45) is 0.630. The van der Waals surface area contributed by atoms with E-state index in [0.717, 1.165) is 6.54 Å². The highest BCUT2D eigenvalue weighted by Gasteiger charge is 2.51. The van der Waals surface area contributed by atoms with E-state index in [4.69, 9.17) is 4.74 Å². The predicted molar refractivity (Wildman–Crippen MR) is 109 cm³/mol. The molecule has 1 aliphatic carbocycles. The van der Waals surface area contributed by atoms with E-state index in [-0.39, 0.29) is 23.3 Å². The zero-order valence-corrected chi connectivity index (χ0v) is 16.7. The lowest BCUT2D eigenvalue weighted by atomic mass is 9.84. The van der Waals surface area contributed by atoms with Crippen LogP contribution in [0, 0.1) is 5.92 Å². The Morgan fingerprint density at radius 3 is 2.52 bits per heavy atom. The van der Waals surface area contributed by atoms with E-state index < -0.39 is 0 Å². The summed E-state index contributed by atoms with van der Waals surface area (Å²) >= 11 is 0. The van der Waals surface area contributed by atoms with E-state index >= 15 is 0 Å². The third-order valence-electron chi connectivity index (χ3n) is 6.16. The van der Waals surface area contributed by atoms with Crippen LogP contribution in [0.1, 0.15) is 49.8 Å². The van der Waals surface area contributed by atoms with E-state index in [2.05, 4.69) is 68.1 Å². The lowest BCUT2D eigenvalue weighted by molar-refractivity contribution is -0.122. The van der Waals surface area contributed by atoms with E-state index in [1.165, 1.54) is 22.4 Å². The maximum Gasteiger partial charge on any atom is 0.141 e. The summed E-state index contributed by atoms with van der Waals surface area (Å²) in [6.45, 7) is 8.08. The Labute approximate surface area is 162 Å². The molecule has 0 N–H and O–H groups in total. The maximum atomic E-state index is 12.8. The Morgan fingerprint density at radius 2 is 1.85 bits per heavy atom. The van der Waals surface area contributed by atoms with Gasteiger partial charge in [0.1, 0.15) is 5.78 Å². The number of nitrogens with zero attached hydrogens (tertiary/aromatic N) is 1. The fraction of sp³-hybridized carbons (Fsp3) is 0.458. The average molecular weight is 364 g/mol. The second-order valence-electron chi connectivity index (χ2n) is 8.97. The zero-order chi connectivity index (χ0) is 19.2. The molecule has 27 heavy (non-hydrogen) atoms. The number of anilines is 1. The molecule has 1 heterocycles. The predicted octanol–water partition coefficient (Wildman–Crippen LogP) is 4.69. The minimum absolute atomic E-state index is 0.0470. The van der Waals surface area contributed by atoms with Gasteiger partial charge in [-0.25, -0.2) is 0 Å². The third-order valence-corrected chi connectivity index (χ3v) is 6.16. The molecule has 3 nitrogen and oxygen atoms in total. The van der Waals surface area contributed by atoms with Crippen LogP contribution in [0.2, 0.25) is 0 Å². The normalized spacial score (nSPS) is 24.2. The molecule has 142 valence electrons. The van der Waals surface area contributed by atoms with Crippen LogP contribution in [0.4, 0.5) is 5.69 Å². The number of methoxy groups -OCH3 is 1. The first-order chi connectivity index (χ1) is 12.9. The van der Waals surface area contributed by atoms with Crippen molar-refractivity contribution < 1.29 is 9.53 Å². The van der Waals surface area contributed by atoms with Gasteiger partial charge in [0.15, 0.2) is 0 Å². The number of ether oxygens (including phenoxy) is 1. The van der Waals surface area contributed by atoms with E-state index in [0.29, 0.717) is 18.8 Å². The molecule has 0 bridgehead atoms. The van der Waals surface area contributed by atoms with Gasteiger partial charge in [-0.3, -0.25) is 4.79 Å². The molecule has 1 aliphatic heterocycles. The first-order valence-corrected chi connectivity index (χ1v) is 9.87. The van der Waals surface area contributed by atoms with Crippen LogP contribution in [0.25, 0.3) is 0 Å². The summed E-state index contributed by atoms with van der Waals surface area (Å²) in [5.41, 5.74) is 5.35. The van der Waals surface area contributed by atoms with Crippen molar-refractivity contribution in [2.24, 2.45) is 5.92 Å². The van der Waals surface area contributed by atoms with Crippen LogP contribution >= 0.6 is 0 Å². The van der Waals surface area contributed by atoms with Crippen LogP contribution in [0.15, 0.2) is 48.5 Å². The van der Waals surface area contributed by atoms with E-state index in [1.54, 1.807) is 7.11 Å². The summed E-state index contributed by atoms with van der Waals surface area (Å²) in [5, 5.41) is 0. The van der Waals surface area contributed by atoms with Crippen LogP contribution in [0.3, 0.4) is 0 Å². The summed E-state index contributed by atoms with van der Waals surface area (Å²) in [6, 6.07) is 17.6. The Kier molecular flexibility index (Phi) is 4.59. The number of Topliss-reactive ketones (excluding diaryl/α,β-unsaturated/α-hetero) is 1. The van der Waals surface area contributed by atoms with Gasteiger partial charge < -0.3 is 9.64 Å². The third kappa shape index (κ3) is 3.19. The van der Waals surface area contributed by atoms with Crippen molar-refractivity contribution in [3.63, 3.8) is 0 Å². The number of carbonyl (C=O) groups excluding carboxylic acids is 1. The number of fused-ring (bicyclic) bond motifs is 3. The van der Waals surface area contributed by atoms with Crippen molar-refractivity contribution in [1.82, 2.24) is 0 Å². The molecule has 4 rings (SSSR count). The lowest BCUT2D eigenvalue weighted by Gasteiger charge is -2.31. The molecule has 0 spiro atoms. The minimum Gasteiger partial charge on any atom is -0.384 e. The number of ketones is 1. The Bertz CT molecular complexity index is 837. The number of benzene rings is 2. The largest absolute Gasteiger partial charge is 0.384 e. The van der Waals surface area contributed by atoms with Gasteiger partial charge in [0, 0.05) is 37.7 Å². The summed E-state index contributed by atoms with van der Waals surface area (Å²) < 4.78 is 5.43. The molecule has 2 aromatic rings. The fourth-order valence-corrected chi connectivity index (χ4v) is 4.77. The molecule has 2 aliphatic rings. The highest BCUT2D eigenvalue weighted by atomic mass is 16.5. The van der Waals surface area contributed by atoms with Crippen molar-refractivity contribution in [1.29, 1.82) is 0 Å². The highest BCUT2D eigenvalue weighted by molar-refractivity contribution is 5.89. The van der Waals surface area contributed by atoms with Gasteiger partial charge in [0.25, 0.3) is 0 Å². The first-order valence-electron chi connectivity index (χ1n) is 9.87. The lowest BCUT2D eigenvalue weighted by Crippen LogP contribution is -2.39. The molecule has 1 fully saturated rings. The van der Waals surface area contributed by atoms with E-state index in [9.17, 15) is 4.79 Å². The van der Waals surface area contributed by atoms with Gasteiger partial charge in [0.05, 0.1) is 12.5 Å². The number of carbonyl (C=O) groups is 1. The van der Waals surface area contributed by atoms with Gasteiger partial charge >= 0.3 is 0 Å². The molecule has 0 unspecified atom stereocenters. The van der Waals surface area contributed by atoms with Crippen molar-refractivity contribution in [2.45, 2.75) is 51.1 Å². The monoisotopic (exact) mass is 363 g/mol. The molecule has 3 heteroatoms. The van der Waals surface area contributed by atoms with Gasteiger partial charge in [-0.2, -0.15) is 0 Å². The van der Waals surface area contributed by atoms with Crippen molar-refractivity contribution in [3.05, 3.63) is 65.2 Å². The van der Waals surface area contributed by atoms with Crippen LogP contribution in [-0.4, -0.2) is 25.5 Å². The number of hydrogen-bond donors (Lipinski definition) is 0. The van der Waals surface area contributed by atoms with Gasteiger partial charge in [-0.15, -0.1) is 0 Å². The quantitative estimate of drug-likeness (QED) is 0.789. The van der Waals surface area contributed by atoms with E-state index in [1.807, 2.05) is 6.07 Å². The average Bonchev–Trinajstić information content (AvgIpc) is 3.10. The number of rotatable bonds is 4. The van der Waals surface area contributed by atoms with Crippen LogP contribution in [-0.2, 0) is 21.5 Å². The zero-order valence-electron chi connectivity index (χ0n) is 16.7. The second kappa shape index (κ2) is 6.79. The Hall–Kier alpha value is -2.13. The van der Waals surface area contributed by atoms with Crippen molar-refractivity contribution >= 4 is 11.5 Å². The molecule has 0 radical (unpaired) electrons. The highest BCUT2D eigenvalue weighted by Crippen LogP contribution is 2.51. The summed E-state index contributed by atoms with van der Waals surface area (Å²) in [5.74, 6) is 0.574. The Morgan fingerprint density at radius 1 is 1.11 bits per heavy atom. The van der Waals surface area contributed by atoms with Crippen molar-refractivity contribution in [2.75, 3.05) is 18.6 Å². The molecule has 3 atom stereocenters. The second-order valence-corrected chi connectivity index (χ2v) is 8.97. The molecular weight excluding hydrogens is 334 g/mol. The topological polar surface area (TPSA) is 29.5 Å². The molecule has 0 saturated heterocycles. The first kappa shape index (κ1) is 18.2.